The van der Waals surface area contributed by atoms with Crippen LogP contribution in [-0.2, 0) is 0 Å². The molecule has 0 aliphatic rings. The van der Waals surface area contributed by atoms with Crippen LogP contribution < -0.4 is 10.6 Å². The molecule has 2 rings (SSSR count). The van der Waals surface area contributed by atoms with Crippen molar-refractivity contribution < 1.29 is 8.78 Å². The van der Waals surface area contributed by atoms with Gasteiger partial charge in [-0.25, -0.2) is 13.8 Å². The van der Waals surface area contributed by atoms with E-state index in [-0.39, 0.29) is 10.2 Å². The van der Waals surface area contributed by atoms with Crippen LogP contribution in [0.5, 0.6) is 0 Å². The fourth-order valence-corrected chi connectivity index (χ4v) is 1.95. The van der Waals surface area contributed by atoms with Gasteiger partial charge in [-0.15, -0.1) is 0 Å². The highest BCUT2D eigenvalue weighted by Crippen LogP contribution is 2.26. The van der Waals surface area contributed by atoms with E-state index >= 15 is 0 Å². The monoisotopic (exact) mass is 356 g/mol. The smallest absolute Gasteiger partial charge is 0.224 e. The number of aromatic nitrogens is 2. The number of nitrogens with zero attached hydrogens (tertiary/aromatic N) is 2. The van der Waals surface area contributed by atoms with Crippen molar-refractivity contribution in [1.29, 1.82) is 0 Å². The molecule has 0 saturated carbocycles. The minimum absolute atomic E-state index is 0.0268. The number of nitrogens with one attached hydrogen (secondary N) is 2. The second kappa shape index (κ2) is 6.80. The Morgan fingerprint density at radius 1 is 1.24 bits per heavy atom. The van der Waals surface area contributed by atoms with Crippen LogP contribution in [0.3, 0.4) is 0 Å². The first-order valence-corrected chi connectivity index (χ1v) is 7.29. The lowest BCUT2D eigenvalue weighted by atomic mass is 10.2. The molecule has 0 aliphatic carbocycles. The lowest BCUT2D eigenvalue weighted by molar-refractivity contribution is 0.597. The topological polar surface area (TPSA) is 49.8 Å². The molecular formula is C14H15BrF2N4. The molecule has 1 aromatic carbocycles. The molecular weight excluding hydrogens is 342 g/mol. The van der Waals surface area contributed by atoms with Crippen LogP contribution in [0.25, 0.3) is 0 Å². The van der Waals surface area contributed by atoms with Gasteiger partial charge in [0.05, 0.1) is 10.2 Å². The van der Waals surface area contributed by atoms with Gasteiger partial charge in [-0.2, -0.15) is 4.98 Å². The highest BCUT2D eigenvalue weighted by molar-refractivity contribution is 9.10. The molecule has 2 N–H and O–H groups in total. The third-order valence-corrected chi connectivity index (χ3v) is 3.38. The molecule has 0 spiro atoms. The summed E-state index contributed by atoms with van der Waals surface area (Å²) in [5, 5.41) is 5.84. The Morgan fingerprint density at radius 2 is 2.00 bits per heavy atom. The van der Waals surface area contributed by atoms with Crippen molar-refractivity contribution >= 4 is 33.4 Å². The molecule has 0 bridgehead atoms. The van der Waals surface area contributed by atoms with Crippen LogP contribution >= 0.6 is 15.9 Å². The Morgan fingerprint density at radius 3 is 2.71 bits per heavy atom. The van der Waals surface area contributed by atoms with Crippen LogP contribution in [0.1, 0.15) is 18.9 Å². The molecule has 21 heavy (non-hydrogen) atoms. The molecule has 4 nitrogen and oxygen atoms in total. The summed E-state index contributed by atoms with van der Waals surface area (Å²) < 4.78 is 27.4. The minimum Gasteiger partial charge on any atom is -0.354 e. The highest BCUT2D eigenvalue weighted by Gasteiger charge is 2.11. The van der Waals surface area contributed by atoms with Crippen LogP contribution in [-0.4, -0.2) is 16.5 Å². The Balaban J connectivity index is 2.28. The van der Waals surface area contributed by atoms with Crippen molar-refractivity contribution in [3.8, 4) is 0 Å². The summed E-state index contributed by atoms with van der Waals surface area (Å²) in [5.74, 6) is -0.230. The maximum atomic E-state index is 13.8. The molecule has 0 amide bonds. The van der Waals surface area contributed by atoms with Crippen molar-refractivity contribution in [3.63, 3.8) is 0 Å². The largest absolute Gasteiger partial charge is 0.354 e. The Labute approximate surface area is 130 Å². The molecule has 1 heterocycles. The first kappa shape index (κ1) is 15.6. The third-order valence-electron chi connectivity index (χ3n) is 2.77. The van der Waals surface area contributed by atoms with Crippen molar-refractivity contribution in [2.75, 3.05) is 17.2 Å². The summed E-state index contributed by atoms with van der Waals surface area (Å²) >= 11 is 2.94. The van der Waals surface area contributed by atoms with Gasteiger partial charge < -0.3 is 10.6 Å². The van der Waals surface area contributed by atoms with Crippen molar-refractivity contribution in [3.05, 3.63) is 40.0 Å². The maximum absolute atomic E-state index is 13.8. The standard InChI is InChI=1S/C14H15BrF2N4/c1-3-4-18-14-19-7-8(2)13(21-14)20-12-6-10(16)9(15)5-11(12)17/h5-7H,3-4H2,1-2H3,(H2,18,19,20,21). The van der Waals surface area contributed by atoms with Gasteiger partial charge in [0, 0.05) is 24.4 Å². The lowest BCUT2D eigenvalue weighted by Gasteiger charge is -2.11. The summed E-state index contributed by atoms with van der Waals surface area (Å²) in [7, 11) is 0. The zero-order chi connectivity index (χ0) is 15.4. The predicted molar refractivity (Wildman–Crippen MR) is 82.9 cm³/mol. The van der Waals surface area contributed by atoms with Gasteiger partial charge >= 0.3 is 0 Å². The number of hydrogen-bond donors (Lipinski definition) is 2. The molecule has 0 aliphatic heterocycles. The number of hydrogen-bond acceptors (Lipinski definition) is 4. The zero-order valence-electron chi connectivity index (χ0n) is 11.7. The average Bonchev–Trinajstić information content (AvgIpc) is 2.45. The van der Waals surface area contributed by atoms with E-state index in [1.807, 2.05) is 6.92 Å². The summed E-state index contributed by atoms with van der Waals surface area (Å²) in [5.41, 5.74) is 0.763. The summed E-state index contributed by atoms with van der Waals surface area (Å²) in [6.07, 6.45) is 2.56. The van der Waals surface area contributed by atoms with Crippen molar-refractivity contribution in [1.82, 2.24) is 9.97 Å². The van der Waals surface area contributed by atoms with Crippen LogP contribution in [0.4, 0.5) is 26.2 Å². The van der Waals surface area contributed by atoms with E-state index in [9.17, 15) is 8.78 Å². The van der Waals surface area contributed by atoms with E-state index in [2.05, 4.69) is 36.5 Å². The first-order valence-electron chi connectivity index (χ1n) is 6.50. The van der Waals surface area contributed by atoms with Crippen LogP contribution in [0.2, 0.25) is 0 Å². The van der Waals surface area contributed by atoms with Gasteiger partial charge in [0.2, 0.25) is 5.95 Å². The molecule has 0 unspecified atom stereocenters. The van der Waals surface area contributed by atoms with Gasteiger partial charge in [0.15, 0.2) is 0 Å². The van der Waals surface area contributed by atoms with E-state index in [4.69, 9.17) is 0 Å². The van der Waals surface area contributed by atoms with Gasteiger partial charge in [0.1, 0.15) is 17.5 Å². The van der Waals surface area contributed by atoms with Crippen LogP contribution in [0.15, 0.2) is 22.8 Å². The van der Waals surface area contributed by atoms with Crippen molar-refractivity contribution in [2.45, 2.75) is 20.3 Å². The molecule has 0 atom stereocenters. The van der Waals surface area contributed by atoms with E-state index in [1.165, 1.54) is 0 Å². The van der Waals surface area contributed by atoms with E-state index in [0.717, 1.165) is 30.7 Å². The average molecular weight is 357 g/mol. The number of aryl methyl sites for hydroxylation is 1. The summed E-state index contributed by atoms with van der Waals surface area (Å²) in [4.78, 5) is 8.40. The summed E-state index contributed by atoms with van der Waals surface area (Å²) in [6.45, 7) is 4.56. The van der Waals surface area contributed by atoms with Gasteiger partial charge in [-0.05, 0) is 35.3 Å². The van der Waals surface area contributed by atoms with Gasteiger partial charge in [-0.3, -0.25) is 0 Å². The molecule has 1 aromatic heterocycles. The Bertz CT molecular complexity index is 649. The lowest BCUT2D eigenvalue weighted by Crippen LogP contribution is -2.07. The molecule has 2 aromatic rings. The normalized spacial score (nSPS) is 10.5. The van der Waals surface area contributed by atoms with Gasteiger partial charge in [0.25, 0.3) is 0 Å². The second-order valence-electron chi connectivity index (χ2n) is 4.52. The van der Waals surface area contributed by atoms with Crippen molar-refractivity contribution in [2.24, 2.45) is 0 Å². The Hall–Kier alpha value is -1.76. The van der Waals surface area contributed by atoms with E-state index in [1.54, 1.807) is 13.1 Å². The summed E-state index contributed by atoms with van der Waals surface area (Å²) in [6, 6.07) is 2.16. The molecule has 0 fully saturated rings. The first-order chi connectivity index (χ1) is 10.0. The van der Waals surface area contributed by atoms with E-state index in [0.29, 0.717) is 11.8 Å². The number of rotatable bonds is 5. The highest BCUT2D eigenvalue weighted by atomic mass is 79.9. The van der Waals surface area contributed by atoms with Gasteiger partial charge in [-0.1, -0.05) is 6.92 Å². The molecule has 112 valence electrons. The molecule has 7 heteroatoms. The van der Waals surface area contributed by atoms with E-state index < -0.39 is 11.6 Å². The number of benzene rings is 1. The Kier molecular flexibility index (Phi) is 5.06. The fraction of sp³-hybridized carbons (Fsp3) is 0.286. The minimum atomic E-state index is -0.565. The quantitative estimate of drug-likeness (QED) is 0.780. The molecule has 0 saturated heterocycles. The zero-order valence-corrected chi connectivity index (χ0v) is 13.3. The molecule has 0 radical (unpaired) electrons. The predicted octanol–water partition coefficient (Wildman–Crippen LogP) is 4.39. The van der Waals surface area contributed by atoms with Crippen LogP contribution in [0, 0.1) is 18.6 Å². The third kappa shape index (κ3) is 3.87. The number of anilines is 3. The second-order valence-corrected chi connectivity index (χ2v) is 5.38. The SMILES string of the molecule is CCCNc1ncc(C)c(Nc2cc(F)c(Br)cc2F)n1. The number of halogens is 3. The fourth-order valence-electron chi connectivity index (χ4n) is 1.64. The maximum Gasteiger partial charge on any atom is 0.224 e.